The van der Waals surface area contributed by atoms with Gasteiger partial charge in [-0.05, 0) is 31.6 Å². The van der Waals surface area contributed by atoms with E-state index in [1.54, 1.807) is 6.07 Å². The fraction of sp³-hybridized carbons (Fsp3) is 0.818. The molecule has 1 rings (SSSR count). The van der Waals surface area contributed by atoms with Crippen molar-refractivity contribution in [3.8, 4) is 12.1 Å². The van der Waals surface area contributed by atoms with E-state index in [1.165, 1.54) is 0 Å². The van der Waals surface area contributed by atoms with Crippen LogP contribution in [0.3, 0.4) is 0 Å². The van der Waals surface area contributed by atoms with Crippen molar-refractivity contribution in [1.82, 2.24) is 4.72 Å². The quantitative estimate of drug-likeness (QED) is 0.819. The zero-order valence-corrected chi connectivity index (χ0v) is 10.8. The van der Waals surface area contributed by atoms with Crippen LogP contribution in [0.1, 0.15) is 39.0 Å². The van der Waals surface area contributed by atoms with Crippen LogP contribution in [-0.2, 0) is 10.0 Å². The first-order chi connectivity index (χ1) is 7.97. The van der Waals surface area contributed by atoms with Gasteiger partial charge >= 0.3 is 0 Å². The molecule has 0 aliphatic heterocycles. The maximum atomic E-state index is 11.5. The van der Waals surface area contributed by atoms with Crippen molar-refractivity contribution in [2.75, 3.05) is 5.75 Å². The van der Waals surface area contributed by atoms with Crippen molar-refractivity contribution in [1.29, 1.82) is 10.5 Å². The van der Waals surface area contributed by atoms with E-state index in [4.69, 9.17) is 5.26 Å². The Morgan fingerprint density at radius 3 is 2.35 bits per heavy atom. The highest BCUT2D eigenvalue weighted by atomic mass is 32.2. The molecule has 17 heavy (non-hydrogen) atoms. The van der Waals surface area contributed by atoms with Crippen LogP contribution in [0.25, 0.3) is 0 Å². The van der Waals surface area contributed by atoms with E-state index in [1.807, 2.05) is 0 Å². The number of sulfonamides is 1. The molecular formula is C11H17N3O2S. The molecule has 1 aliphatic rings. The third-order valence-electron chi connectivity index (χ3n) is 3.36. The molecule has 6 heteroatoms. The summed E-state index contributed by atoms with van der Waals surface area (Å²) in [6.07, 6.45) is 3.85. The predicted octanol–water partition coefficient (Wildman–Crippen LogP) is 1.29. The van der Waals surface area contributed by atoms with Gasteiger partial charge in [0, 0.05) is 0 Å². The molecule has 0 aromatic heterocycles. The molecule has 0 unspecified atom stereocenters. The summed E-state index contributed by atoms with van der Waals surface area (Å²) in [5.74, 6) is -0.00914. The minimum absolute atomic E-state index is 0.534. The van der Waals surface area contributed by atoms with Gasteiger partial charge in [0.05, 0.1) is 12.1 Å². The number of hydrogen-bond donors (Lipinski definition) is 1. The van der Waals surface area contributed by atoms with Gasteiger partial charge in [-0.25, -0.2) is 8.42 Å². The van der Waals surface area contributed by atoms with E-state index in [2.05, 4.69) is 17.7 Å². The summed E-state index contributed by atoms with van der Waals surface area (Å²) in [6, 6.07) is 3.68. The van der Waals surface area contributed by atoms with Gasteiger partial charge in [0.15, 0.2) is 5.75 Å². The van der Waals surface area contributed by atoms with Gasteiger partial charge in [0.1, 0.15) is 5.54 Å². The zero-order chi connectivity index (χ0) is 12.9. The molecule has 0 atom stereocenters. The van der Waals surface area contributed by atoms with Crippen LogP contribution in [-0.4, -0.2) is 19.7 Å². The lowest BCUT2D eigenvalue weighted by Crippen LogP contribution is -2.50. The lowest BCUT2D eigenvalue weighted by atomic mass is 9.77. The van der Waals surface area contributed by atoms with Crippen LogP contribution in [0.2, 0.25) is 0 Å². The average molecular weight is 255 g/mol. The van der Waals surface area contributed by atoms with Crippen LogP contribution in [0.15, 0.2) is 0 Å². The molecule has 0 aromatic rings. The topological polar surface area (TPSA) is 93.8 Å². The molecule has 0 saturated heterocycles. The molecule has 0 spiro atoms. The molecule has 5 nitrogen and oxygen atoms in total. The smallest absolute Gasteiger partial charge is 0.211 e. The largest absolute Gasteiger partial charge is 0.226 e. The average Bonchev–Trinajstić information content (AvgIpc) is 2.29. The summed E-state index contributed by atoms with van der Waals surface area (Å²) in [7, 11) is -3.66. The Bertz CT molecular complexity index is 436. The molecule has 0 heterocycles. The van der Waals surface area contributed by atoms with E-state index in [9.17, 15) is 13.7 Å². The molecular weight excluding hydrogens is 238 g/mol. The highest BCUT2D eigenvalue weighted by Crippen LogP contribution is 2.33. The van der Waals surface area contributed by atoms with Crippen LogP contribution < -0.4 is 4.72 Å². The molecule has 1 fully saturated rings. The van der Waals surface area contributed by atoms with E-state index in [0.717, 1.165) is 19.3 Å². The zero-order valence-electron chi connectivity index (χ0n) is 9.94. The standard InChI is InChI=1S/C11H17N3O2S/c1-2-10-3-5-11(9-13,6-4-10)14-17(15,16)8-7-12/h10,14H,2-6,8H2,1H3. The predicted molar refractivity (Wildman–Crippen MR) is 63.1 cm³/mol. The first-order valence-electron chi connectivity index (χ1n) is 5.77. The van der Waals surface area contributed by atoms with Crippen LogP contribution in [0.5, 0.6) is 0 Å². The van der Waals surface area contributed by atoms with Crippen LogP contribution in [0, 0.1) is 28.6 Å². The summed E-state index contributed by atoms with van der Waals surface area (Å²) in [5.41, 5.74) is -0.999. The molecule has 0 aromatic carbocycles. The minimum Gasteiger partial charge on any atom is -0.211 e. The lowest BCUT2D eigenvalue weighted by Gasteiger charge is -2.34. The Morgan fingerprint density at radius 1 is 1.35 bits per heavy atom. The number of nitrogens with one attached hydrogen (secondary N) is 1. The van der Waals surface area contributed by atoms with Gasteiger partial charge in [0.25, 0.3) is 0 Å². The van der Waals surface area contributed by atoms with Gasteiger partial charge in [-0.3, -0.25) is 0 Å². The highest BCUT2D eigenvalue weighted by molar-refractivity contribution is 7.89. The first kappa shape index (κ1) is 14.0. The second kappa shape index (κ2) is 5.48. The number of nitrogens with zero attached hydrogens (tertiary/aromatic N) is 2. The summed E-state index contributed by atoms with van der Waals surface area (Å²) in [5, 5.41) is 17.6. The Hall–Kier alpha value is -1.11. The maximum absolute atomic E-state index is 11.5. The normalized spacial score (nSPS) is 29.2. The summed E-state index contributed by atoms with van der Waals surface area (Å²) in [6.45, 7) is 2.10. The number of hydrogen-bond acceptors (Lipinski definition) is 4. The molecule has 0 radical (unpaired) electrons. The van der Waals surface area contributed by atoms with Crippen molar-refractivity contribution >= 4 is 10.0 Å². The number of rotatable bonds is 4. The Morgan fingerprint density at radius 2 is 1.94 bits per heavy atom. The van der Waals surface area contributed by atoms with Crippen molar-refractivity contribution in [2.45, 2.75) is 44.6 Å². The molecule has 94 valence electrons. The second-order valence-corrected chi connectivity index (χ2v) is 6.29. The van der Waals surface area contributed by atoms with Crippen molar-refractivity contribution in [3.63, 3.8) is 0 Å². The summed E-state index contributed by atoms with van der Waals surface area (Å²) >= 11 is 0. The monoisotopic (exact) mass is 255 g/mol. The Kier molecular flexibility index (Phi) is 4.50. The van der Waals surface area contributed by atoms with E-state index >= 15 is 0 Å². The van der Waals surface area contributed by atoms with Crippen LogP contribution in [0.4, 0.5) is 0 Å². The second-order valence-electron chi connectivity index (χ2n) is 4.56. The van der Waals surface area contributed by atoms with Gasteiger partial charge < -0.3 is 0 Å². The molecule has 1 saturated carbocycles. The fourth-order valence-electron chi connectivity index (χ4n) is 2.23. The van der Waals surface area contributed by atoms with E-state index < -0.39 is 21.3 Å². The molecule has 1 N–H and O–H groups in total. The third kappa shape index (κ3) is 3.69. The van der Waals surface area contributed by atoms with Gasteiger partial charge in [-0.1, -0.05) is 13.3 Å². The fourth-order valence-corrected chi connectivity index (χ4v) is 3.32. The summed E-state index contributed by atoms with van der Waals surface area (Å²) < 4.78 is 25.5. The Labute approximate surface area is 102 Å². The van der Waals surface area contributed by atoms with Crippen LogP contribution >= 0.6 is 0 Å². The van der Waals surface area contributed by atoms with E-state index in [0.29, 0.717) is 18.8 Å². The van der Waals surface area contributed by atoms with Gasteiger partial charge in [0.2, 0.25) is 10.0 Å². The van der Waals surface area contributed by atoms with Crippen molar-refractivity contribution < 1.29 is 8.42 Å². The lowest BCUT2D eigenvalue weighted by molar-refractivity contribution is 0.259. The summed E-state index contributed by atoms with van der Waals surface area (Å²) in [4.78, 5) is 0. The van der Waals surface area contributed by atoms with Gasteiger partial charge in [-0.15, -0.1) is 0 Å². The number of nitriles is 2. The molecule has 1 aliphatic carbocycles. The highest BCUT2D eigenvalue weighted by Gasteiger charge is 2.38. The molecule has 0 bridgehead atoms. The maximum Gasteiger partial charge on any atom is 0.226 e. The van der Waals surface area contributed by atoms with Gasteiger partial charge in [-0.2, -0.15) is 15.2 Å². The third-order valence-corrected chi connectivity index (χ3v) is 4.57. The first-order valence-corrected chi connectivity index (χ1v) is 7.42. The SMILES string of the molecule is CCC1CCC(C#N)(NS(=O)(=O)CC#N)CC1. The molecule has 0 amide bonds. The Balaban J connectivity index is 2.74. The van der Waals surface area contributed by atoms with E-state index in [-0.39, 0.29) is 0 Å². The van der Waals surface area contributed by atoms with Crippen molar-refractivity contribution in [3.05, 3.63) is 0 Å². The van der Waals surface area contributed by atoms with Crippen molar-refractivity contribution in [2.24, 2.45) is 5.92 Å². The minimum atomic E-state index is -3.66.